The van der Waals surface area contributed by atoms with E-state index >= 15 is 0 Å². The smallest absolute Gasteiger partial charge is 0.119 e. The first-order chi connectivity index (χ1) is 12.8. The van der Waals surface area contributed by atoms with Gasteiger partial charge in [0, 0.05) is 38.6 Å². The Morgan fingerprint density at radius 3 is 2.58 bits per heavy atom. The Balaban J connectivity index is 1.26. The SMILES string of the molecule is c1ccc(OCCN2CCCC3(CCN(Cc4ccncc4)C3)C2)cc1. The lowest BCUT2D eigenvalue weighted by Crippen LogP contribution is -2.46. The first kappa shape index (κ1) is 17.5. The Labute approximate surface area is 156 Å². The van der Waals surface area contributed by atoms with Gasteiger partial charge >= 0.3 is 0 Å². The number of rotatable bonds is 6. The maximum Gasteiger partial charge on any atom is 0.119 e. The molecule has 4 rings (SSSR count). The summed E-state index contributed by atoms with van der Waals surface area (Å²) in [7, 11) is 0. The Morgan fingerprint density at radius 2 is 1.73 bits per heavy atom. The van der Waals surface area contributed by atoms with Crippen molar-refractivity contribution in [1.29, 1.82) is 0 Å². The minimum absolute atomic E-state index is 0.484. The van der Waals surface area contributed by atoms with Gasteiger partial charge in [0.25, 0.3) is 0 Å². The number of nitrogens with zero attached hydrogens (tertiary/aromatic N) is 3. The fraction of sp³-hybridized carbons (Fsp3) is 0.500. The molecule has 1 atom stereocenters. The van der Waals surface area contributed by atoms with Crippen LogP contribution in [0.3, 0.4) is 0 Å². The first-order valence-corrected chi connectivity index (χ1v) is 9.83. The van der Waals surface area contributed by atoms with Crippen LogP contribution in [0.2, 0.25) is 0 Å². The van der Waals surface area contributed by atoms with Crippen LogP contribution < -0.4 is 4.74 Å². The van der Waals surface area contributed by atoms with Gasteiger partial charge in [-0.3, -0.25) is 14.8 Å². The summed E-state index contributed by atoms with van der Waals surface area (Å²) in [6.45, 7) is 7.74. The van der Waals surface area contributed by atoms with Gasteiger partial charge in [-0.2, -0.15) is 0 Å². The molecule has 0 aliphatic carbocycles. The van der Waals surface area contributed by atoms with Gasteiger partial charge in [-0.15, -0.1) is 0 Å². The van der Waals surface area contributed by atoms with E-state index in [9.17, 15) is 0 Å². The predicted molar refractivity (Wildman–Crippen MR) is 104 cm³/mol. The third kappa shape index (κ3) is 4.43. The number of aromatic nitrogens is 1. The minimum atomic E-state index is 0.484. The van der Waals surface area contributed by atoms with Gasteiger partial charge in [0.2, 0.25) is 0 Å². The van der Waals surface area contributed by atoms with Gasteiger partial charge in [0.1, 0.15) is 12.4 Å². The molecular weight excluding hydrogens is 322 g/mol. The third-order valence-corrected chi connectivity index (χ3v) is 5.83. The Kier molecular flexibility index (Phi) is 5.51. The lowest BCUT2D eigenvalue weighted by Gasteiger charge is -2.40. The van der Waals surface area contributed by atoms with Gasteiger partial charge in [-0.05, 0) is 67.6 Å². The van der Waals surface area contributed by atoms with Gasteiger partial charge in [-0.25, -0.2) is 0 Å². The van der Waals surface area contributed by atoms with Crippen LogP contribution in [0.1, 0.15) is 24.8 Å². The third-order valence-electron chi connectivity index (χ3n) is 5.83. The van der Waals surface area contributed by atoms with Crippen molar-refractivity contribution in [3.05, 3.63) is 60.4 Å². The van der Waals surface area contributed by atoms with E-state index in [-0.39, 0.29) is 0 Å². The minimum Gasteiger partial charge on any atom is -0.492 e. The lowest BCUT2D eigenvalue weighted by molar-refractivity contribution is 0.0805. The molecule has 2 fully saturated rings. The van der Waals surface area contributed by atoms with Crippen molar-refractivity contribution in [1.82, 2.24) is 14.8 Å². The van der Waals surface area contributed by atoms with Crippen molar-refractivity contribution in [3.8, 4) is 5.75 Å². The number of ether oxygens (including phenoxy) is 1. The molecule has 1 spiro atoms. The number of hydrogen-bond donors (Lipinski definition) is 0. The molecule has 138 valence electrons. The molecule has 1 aromatic carbocycles. The number of pyridine rings is 1. The maximum absolute atomic E-state index is 5.90. The van der Waals surface area contributed by atoms with Crippen molar-refractivity contribution in [2.45, 2.75) is 25.8 Å². The molecule has 2 aliphatic heterocycles. The molecule has 0 bridgehead atoms. The fourth-order valence-electron chi connectivity index (χ4n) is 4.55. The van der Waals surface area contributed by atoms with Gasteiger partial charge in [0.15, 0.2) is 0 Å². The lowest BCUT2D eigenvalue weighted by atomic mass is 9.79. The van der Waals surface area contributed by atoms with Crippen molar-refractivity contribution in [3.63, 3.8) is 0 Å². The summed E-state index contributed by atoms with van der Waals surface area (Å²) in [5.74, 6) is 0.976. The van der Waals surface area contributed by atoms with Crippen LogP contribution >= 0.6 is 0 Å². The summed E-state index contributed by atoms with van der Waals surface area (Å²) in [6.07, 6.45) is 7.81. The number of benzene rings is 1. The van der Waals surface area contributed by atoms with Crippen LogP contribution in [0.5, 0.6) is 5.75 Å². The molecule has 26 heavy (non-hydrogen) atoms. The topological polar surface area (TPSA) is 28.6 Å². The number of hydrogen-bond acceptors (Lipinski definition) is 4. The van der Waals surface area contributed by atoms with Crippen LogP contribution in [0.4, 0.5) is 0 Å². The zero-order valence-corrected chi connectivity index (χ0v) is 15.5. The molecule has 0 N–H and O–H groups in total. The summed E-state index contributed by atoms with van der Waals surface area (Å²) in [6, 6.07) is 14.4. The molecule has 1 aromatic heterocycles. The second-order valence-electron chi connectivity index (χ2n) is 7.86. The second-order valence-corrected chi connectivity index (χ2v) is 7.86. The summed E-state index contributed by atoms with van der Waals surface area (Å²) in [4.78, 5) is 9.36. The van der Waals surface area contributed by atoms with E-state index in [1.54, 1.807) is 0 Å². The molecule has 4 nitrogen and oxygen atoms in total. The Morgan fingerprint density at radius 1 is 0.923 bits per heavy atom. The van der Waals surface area contributed by atoms with Gasteiger partial charge < -0.3 is 4.74 Å². The molecular formula is C22H29N3O. The Bertz CT molecular complexity index is 678. The zero-order valence-electron chi connectivity index (χ0n) is 15.5. The molecule has 2 aliphatic rings. The van der Waals surface area contributed by atoms with E-state index in [0.717, 1.165) is 25.4 Å². The highest BCUT2D eigenvalue weighted by atomic mass is 16.5. The fourth-order valence-corrected chi connectivity index (χ4v) is 4.55. The van der Waals surface area contributed by atoms with Gasteiger partial charge in [0.05, 0.1) is 0 Å². The quantitative estimate of drug-likeness (QED) is 0.797. The summed E-state index contributed by atoms with van der Waals surface area (Å²) in [5, 5.41) is 0. The number of likely N-dealkylation sites (tertiary alicyclic amines) is 2. The molecule has 0 saturated carbocycles. The van der Waals surface area contributed by atoms with Crippen LogP contribution in [-0.2, 0) is 6.54 Å². The van der Waals surface area contributed by atoms with E-state index in [1.807, 2.05) is 42.7 Å². The number of para-hydroxylation sites is 1. The monoisotopic (exact) mass is 351 g/mol. The van der Waals surface area contributed by atoms with Crippen LogP contribution in [0.15, 0.2) is 54.9 Å². The molecule has 1 unspecified atom stereocenters. The molecule has 4 heteroatoms. The largest absolute Gasteiger partial charge is 0.492 e. The molecule has 2 saturated heterocycles. The molecule has 2 aromatic rings. The predicted octanol–water partition coefficient (Wildman–Crippen LogP) is 3.45. The van der Waals surface area contributed by atoms with Crippen molar-refractivity contribution < 1.29 is 4.74 Å². The van der Waals surface area contributed by atoms with E-state index in [1.165, 1.54) is 51.0 Å². The highest BCUT2D eigenvalue weighted by Gasteiger charge is 2.40. The average Bonchev–Trinajstić information content (AvgIpc) is 3.05. The standard InChI is InChI=1S/C22H29N3O/c1-2-5-21(6-3-1)26-16-15-24-13-4-9-22(18-24)10-14-25(19-22)17-20-7-11-23-12-8-20/h1-3,5-8,11-12H,4,9-10,13-19H2. The zero-order chi connectivity index (χ0) is 17.7. The molecule has 0 radical (unpaired) electrons. The first-order valence-electron chi connectivity index (χ1n) is 9.83. The summed E-state index contributed by atoms with van der Waals surface area (Å²) >= 11 is 0. The highest BCUT2D eigenvalue weighted by molar-refractivity contribution is 5.20. The summed E-state index contributed by atoms with van der Waals surface area (Å²) < 4.78 is 5.90. The van der Waals surface area contributed by atoms with E-state index < -0.39 is 0 Å². The van der Waals surface area contributed by atoms with Crippen LogP contribution in [-0.4, -0.2) is 54.1 Å². The highest BCUT2D eigenvalue weighted by Crippen LogP contribution is 2.39. The van der Waals surface area contributed by atoms with Crippen molar-refractivity contribution in [2.75, 3.05) is 39.3 Å². The number of piperidine rings is 1. The Hall–Kier alpha value is -1.91. The van der Waals surface area contributed by atoms with Gasteiger partial charge in [-0.1, -0.05) is 18.2 Å². The normalized spacial score (nSPS) is 24.2. The average molecular weight is 351 g/mol. The molecule has 3 heterocycles. The molecule has 0 amide bonds. The van der Waals surface area contributed by atoms with E-state index in [2.05, 4.69) is 26.9 Å². The second kappa shape index (κ2) is 8.19. The van der Waals surface area contributed by atoms with Crippen LogP contribution in [0.25, 0.3) is 0 Å². The maximum atomic E-state index is 5.90. The van der Waals surface area contributed by atoms with Crippen molar-refractivity contribution in [2.24, 2.45) is 5.41 Å². The van der Waals surface area contributed by atoms with Crippen LogP contribution in [0, 0.1) is 5.41 Å². The van der Waals surface area contributed by atoms with E-state index in [0.29, 0.717) is 5.41 Å². The summed E-state index contributed by atoms with van der Waals surface area (Å²) in [5.41, 5.74) is 1.86. The van der Waals surface area contributed by atoms with E-state index in [4.69, 9.17) is 4.74 Å². The van der Waals surface area contributed by atoms with Crippen molar-refractivity contribution >= 4 is 0 Å².